The van der Waals surface area contributed by atoms with Crippen molar-refractivity contribution in [3.05, 3.63) is 77.4 Å². The lowest BCUT2D eigenvalue weighted by Crippen LogP contribution is -2.27. The zero-order valence-electron chi connectivity index (χ0n) is 18.0. The first-order chi connectivity index (χ1) is 14.0. The Balaban J connectivity index is 1.80. The van der Waals surface area contributed by atoms with E-state index in [0.717, 1.165) is 41.6 Å². The summed E-state index contributed by atoms with van der Waals surface area (Å²) >= 11 is 0. The van der Waals surface area contributed by atoms with Crippen molar-refractivity contribution in [2.45, 2.75) is 59.0 Å². The monoisotopic (exact) mass is 388 g/mol. The molecular formula is C26H32N2O. The summed E-state index contributed by atoms with van der Waals surface area (Å²) in [6, 6.07) is 21.0. The fourth-order valence-electron chi connectivity index (χ4n) is 3.90. The van der Waals surface area contributed by atoms with Gasteiger partial charge in [-0.2, -0.15) is 0 Å². The van der Waals surface area contributed by atoms with E-state index in [-0.39, 0.29) is 11.9 Å². The summed E-state index contributed by atoms with van der Waals surface area (Å²) in [5.41, 5.74) is 3.87. The maximum atomic E-state index is 13.1. The molecule has 0 saturated carbocycles. The molecule has 0 aliphatic carbocycles. The van der Waals surface area contributed by atoms with E-state index in [4.69, 9.17) is 0 Å². The lowest BCUT2D eigenvalue weighted by atomic mass is 9.99. The van der Waals surface area contributed by atoms with Gasteiger partial charge in [0.1, 0.15) is 0 Å². The van der Waals surface area contributed by atoms with Crippen LogP contribution in [0.2, 0.25) is 0 Å². The van der Waals surface area contributed by atoms with E-state index in [9.17, 15) is 4.79 Å². The molecule has 0 fully saturated rings. The molecule has 3 aromatic rings. The highest BCUT2D eigenvalue weighted by Gasteiger charge is 2.16. The van der Waals surface area contributed by atoms with Gasteiger partial charge >= 0.3 is 0 Å². The van der Waals surface area contributed by atoms with Crippen LogP contribution in [0.4, 0.5) is 5.69 Å². The molecule has 3 rings (SSSR count). The van der Waals surface area contributed by atoms with E-state index >= 15 is 0 Å². The summed E-state index contributed by atoms with van der Waals surface area (Å²) in [6.45, 7) is 8.43. The Morgan fingerprint density at radius 3 is 2.52 bits per heavy atom. The Labute approximate surface area is 174 Å². The van der Waals surface area contributed by atoms with E-state index in [1.165, 1.54) is 10.8 Å². The van der Waals surface area contributed by atoms with Gasteiger partial charge in [0.2, 0.25) is 0 Å². The van der Waals surface area contributed by atoms with Crippen LogP contribution in [0.5, 0.6) is 0 Å². The van der Waals surface area contributed by atoms with Crippen molar-refractivity contribution in [3.8, 4) is 0 Å². The van der Waals surface area contributed by atoms with Gasteiger partial charge in [-0.1, -0.05) is 68.8 Å². The fourth-order valence-corrected chi connectivity index (χ4v) is 3.90. The van der Waals surface area contributed by atoms with Gasteiger partial charge in [0.25, 0.3) is 5.91 Å². The maximum absolute atomic E-state index is 13.1. The van der Waals surface area contributed by atoms with Crippen LogP contribution in [0.1, 0.15) is 67.6 Å². The Morgan fingerprint density at radius 2 is 1.76 bits per heavy atom. The molecule has 2 atom stereocenters. The van der Waals surface area contributed by atoms with Crippen LogP contribution in [0.15, 0.2) is 60.7 Å². The number of rotatable bonds is 8. The first-order valence-electron chi connectivity index (χ1n) is 10.7. The van der Waals surface area contributed by atoms with E-state index < -0.39 is 0 Å². The highest BCUT2D eigenvalue weighted by molar-refractivity contribution is 5.97. The van der Waals surface area contributed by atoms with Gasteiger partial charge in [-0.05, 0) is 60.7 Å². The summed E-state index contributed by atoms with van der Waals surface area (Å²) in [5.74, 6) is -0.0323. The lowest BCUT2D eigenvalue weighted by molar-refractivity contribution is 0.0939. The average molecular weight is 389 g/mol. The average Bonchev–Trinajstić information content (AvgIpc) is 2.74. The van der Waals surface area contributed by atoms with Crippen LogP contribution >= 0.6 is 0 Å². The van der Waals surface area contributed by atoms with Gasteiger partial charge in [-0.3, -0.25) is 4.79 Å². The van der Waals surface area contributed by atoms with Crippen molar-refractivity contribution in [2.24, 2.45) is 0 Å². The molecule has 29 heavy (non-hydrogen) atoms. The van der Waals surface area contributed by atoms with Crippen LogP contribution in [0.25, 0.3) is 10.8 Å². The van der Waals surface area contributed by atoms with E-state index in [1.54, 1.807) is 0 Å². The molecule has 2 unspecified atom stereocenters. The molecule has 1 amide bonds. The Bertz CT molecular complexity index is 974. The second-order valence-electron chi connectivity index (χ2n) is 7.83. The van der Waals surface area contributed by atoms with E-state index in [0.29, 0.717) is 6.04 Å². The third kappa shape index (κ3) is 4.97. The first-order valence-corrected chi connectivity index (χ1v) is 10.7. The molecule has 0 aliphatic rings. The van der Waals surface area contributed by atoms with Crippen LogP contribution in [-0.2, 0) is 0 Å². The molecular weight excluding hydrogens is 356 g/mol. The number of benzene rings is 3. The van der Waals surface area contributed by atoms with Crippen LogP contribution < -0.4 is 10.6 Å². The Kier molecular flexibility index (Phi) is 6.92. The molecule has 3 nitrogen and oxygen atoms in total. The van der Waals surface area contributed by atoms with E-state index in [1.807, 2.05) is 38.1 Å². The number of anilines is 1. The third-order valence-corrected chi connectivity index (χ3v) is 5.62. The molecule has 0 radical (unpaired) electrons. The van der Waals surface area contributed by atoms with Crippen molar-refractivity contribution >= 4 is 22.4 Å². The number of nitrogens with one attached hydrogen (secondary N) is 2. The molecule has 3 heteroatoms. The summed E-state index contributed by atoms with van der Waals surface area (Å²) < 4.78 is 0. The Morgan fingerprint density at radius 1 is 1.00 bits per heavy atom. The van der Waals surface area contributed by atoms with Crippen LogP contribution in [0.3, 0.4) is 0 Å². The summed E-state index contributed by atoms with van der Waals surface area (Å²) in [4.78, 5) is 13.1. The van der Waals surface area contributed by atoms with Gasteiger partial charge in [0, 0.05) is 17.3 Å². The number of amides is 1. The van der Waals surface area contributed by atoms with Crippen molar-refractivity contribution < 1.29 is 4.79 Å². The predicted molar refractivity (Wildman–Crippen MR) is 124 cm³/mol. The quantitative estimate of drug-likeness (QED) is 0.455. The van der Waals surface area contributed by atoms with Crippen molar-refractivity contribution in [1.29, 1.82) is 0 Å². The summed E-state index contributed by atoms with van der Waals surface area (Å²) in [7, 11) is 0. The minimum absolute atomic E-state index is 0.0323. The number of carbonyl (C=O) groups is 1. The topological polar surface area (TPSA) is 41.1 Å². The molecule has 0 heterocycles. The lowest BCUT2D eigenvalue weighted by Gasteiger charge is -2.20. The molecule has 0 aliphatic heterocycles. The molecule has 0 spiro atoms. The van der Waals surface area contributed by atoms with Gasteiger partial charge < -0.3 is 10.6 Å². The minimum atomic E-state index is -0.0758. The molecule has 0 aromatic heterocycles. The van der Waals surface area contributed by atoms with Crippen molar-refractivity contribution in [3.63, 3.8) is 0 Å². The summed E-state index contributed by atoms with van der Waals surface area (Å²) in [5, 5.41) is 9.15. The molecule has 0 bridgehead atoms. The van der Waals surface area contributed by atoms with Gasteiger partial charge in [-0.15, -0.1) is 0 Å². The number of carbonyl (C=O) groups excluding carboxylic acids is 1. The largest absolute Gasteiger partial charge is 0.382 e. The first kappa shape index (κ1) is 20.9. The number of aryl methyl sites for hydroxylation is 1. The third-order valence-electron chi connectivity index (χ3n) is 5.62. The predicted octanol–water partition coefficient (Wildman–Crippen LogP) is 6.63. The molecule has 152 valence electrons. The van der Waals surface area contributed by atoms with Crippen molar-refractivity contribution in [2.75, 3.05) is 5.32 Å². The van der Waals surface area contributed by atoms with Crippen LogP contribution in [-0.4, -0.2) is 11.9 Å². The number of hydrogen-bond acceptors (Lipinski definition) is 2. The second kappa shape index (κ2) is 9.60. The minimum Gasteiger partial charge on any atom is -0.382 e. The van der Waals surface area contributed by atoms with Gasteiger partial charge in [-0.25, -0.2) is 0 Å². The molecule has 2 N–H and O–H groups in total. The van der Waals surface area contributed by atoms with Crippen LogP contribution in [0, 0.1) is 6.92 Å². The maximum Gasteiger partial charge on any atom is 0.252 e. The number of hydrogen-bond donors (Lipinski definition) is 2. The normalized spacial score (nSPS) is 13.1. The smallest absolute Gasteiger partial charge is 0.252 e. The molecule has 3 aromatic carbocycles. The standard InChI is InChI=1S/C26H32N2O/c1-5-10-21(6-2)28-22-16-15-18(3)25(17-22)26(29)27-19(4)23-14-9-12-20-11-7-8-13-24(20)23/h7-9,11-17,19,21,28H,5-6,10H2,1-4H3,(H,27,29). The SMILES string of the molecule is CCCC(CC)Nc1ccc(C)c(C(=O)NC(C)c2cccc3ccccc23)c1. The second-order valence-corrected chi connectivity index (χ2v) is 7.83. The van der Waals surface area contributed by atoms with Crippen molar-refractivity contribution in [1.82, 2.24) is 5.32 Å². The zero-order chi connectivity index (χ0) is 20.8. The summed E-state index contributed by atoms with van der Waals surface area (Å²) in [6.07, 6.45) is 3.35. The highest BCUT2D eigenvalue weighted by atomic mass is 16.1. The fraction of sp³-hybridized carbons (Fsp3) is 0.346. The zero-order valence-corrected chi connectivity index (χ0v) is 18.0. The van der Waals surface area contributed by atoms with Gasteiger partial charge in [0.05, 0.1) is 6.04 Å². The molecule has 0 saturated heterocycles. The highest BCUT2D eigenvalue weighted by Crippen LogP contribution is 2.25. The van der Waals surface area contributed by atoms with Gasteiger partial charge in [0.15, 0.2) is 0 Å². The number of fused-ring (bicyclic) bond motifs is 1. The Hall–Kier alpha value is -2.81. The van der Waals surface area contributed by atoms with E-state index in [2.05, 4.69) is 60.9 Å².